The third kappa shape index (κ3) is 7.10. The fourth-order valence-corrected chi connectivity index (χ4v) is 3.82. The molecule has 1 amide bonds. The molecule has 5 nitrogen and oxygen atoms in total. The van der Waals surface area contributed by atoms with Crippen molar-refractivity contribution >= 4 is 61.1 Å². The minimum absolute atomic E-state index is 0.0397. The summed E-state index contributed by atoms with van der Waals surface area (Å²) in [6, 6.07) is 19.9. The standard InChI is InChI=1S/C25H19Br2ClN2O3/c1-2-32-23-13-17(11-18(14-29)25(31)30-21-9-5-19(26)6-10-21)12-22(27)24(23)33-15-16-3-7-20(28)8-4-16/h3-13H,2,15H2,1H3,(H,30,31)/b18-11+. The molecule has 0 atom stereocenters. The molecule has 3 aromatic rings. The molecule has 0 heterocycles. The second-order valence-electron chi connectivity index (χ2n) is 6.81. The Kier molecular flexibility index (Phi) is 8.95. The van der Waals surface area contributed by atoms with Gasteiger partial charge in [0.2, 0.25) is 0 Å². The van der Waals surface area contributed by atoms with Gasteiger partial charge in [-0.25, -0.2) is 0 Å². The zero-order chi connectivity index (χ0) is 23.8. The number of rotatable bonds is 8. The fraction of sp³-hybridized carbons (Fsp3) is 0.120. The highest BCUT2D eigenvalue weighted by Gasteiger charge is 2.15. The number of hydrogen-bond donors (Lipinski definition) is 1. The van der Waals surface area contributed by atoms with Gasteiger partial charge in [0.25, 0.3) is 5.91 Å². The maximum atomic E-state index is 12.6. The number of amides is 1. The molecule has 0 spiro atoms. The molecule has 0 aromatic heterocycles. The number of nitrogens with zero attached hydrogens (tertiary/aromatic N) is 1. The second kappa shape index (κ2) is 11.9. The lowest BCUT2D eigenvalue weighted by molar-refractivity contribution is -0.112. The predicted octanol–water partition coefficient (Wildman–Crippen LogP) is 7.39. The van der Waals surface area contributed by atoms with Gasteiger partial charge in [-0.1, -0.05) is 39.7 Å². The first-order chi connectivity index (χ1) is 15.9. The van der Waals surface area contributed by atoms with E-state index in [1.165, 1.54) is 6.08 Å². The summed E-state index contributed by atoms with van der Waals surface area (Å²) in [4.78, 5) is 12.6. The van der Waals surface area contributed by atoms with E-state index in [9.17, 15) is 10.1 Å². The Bertz CT molecular complexity index is 1200. The van der Waals surface area contributed by atoms with E-state index >= 15 is 0 Å². The molecule has 8 heteroatoms. The Hall–Kier alpha value is -2.79. The summed E-state index contributed by atoms with van der Waals surface area (Å²) in [5.74, 6) is 0.524. The summed E-state index contributed by atoms with van der Waals surface area (Å²) in [6.07, 6.45) is 1.50. The minimum atomic E-state index is -0.503. The van der Waals surface area contributed by atoms with Crippen molar-refractivity contribution in [3.63, 3.8) is 0 Å². The normalized spacial score (nSPS) is 10.9. The number of carbonyl (C=O) groups is 1. The van der Waals surface area contributed by atoms with Gasteiger partial charge in [0.1, 0.15) is 18.2 Å². The SMILES string of the molecule is CCOc1cc(/C=C(\C#N)C(=O)Nc2ccc(Br)cc2)cc(Br)c1OCc1ccc(Cl)cc1. The van der Waals surface area contributed by atoms with Crippen molar-refractivity contribution in [2.45, 2.75) is 13.5 Å². The minimum Gasteiger partial charge on any atom is -0.490 e. The topological polar surface area (TPSA) is 71.3 Å². The van der Waals surface area contributed by atoms with E-state index in [0.717, 1.165) is 10.0 Å². The summed E-state index contributed by atoms with van der Waals surface area (Å²) in [7, 11) is 0. The van der Waals surface area contributed by atoms with Crippen LogP contribution in [0.1, 0.15) is 18.1 Å². The van der Waals surface area contributed by atoms with Gasteiger partial charge in [-0.2, -0.15) is 5.26 Å². The van der Waals surface area contributed by atoms with Crippen LogP contribution in [0.2, 0.25) is 5.02 Å². The zero-order valence-electron chi connectivity index (χ0n) is 17.6. The van der Waals surface area contributed by atoms with Crippen molar-refractivity contribution in [1.82, 2.24) is 0 Å². The van der Waals surface area contributed by atoms with Gasteiger partial charge in [0.15, 0.2) is 11.5 Å². The maximum Gasteiger partial charge on any atom is 0.266 e. The first-order valence-corrected chi connectivity index (χ1v) is 11.9. The van der Waals surface area contributed by atoms with Crippen molar-refractivity contribution in [2.24, 2.45) is 0 Å². The quantitative estimate of drug-likeness (QED) is 0.219. The third-order valence-corrected chi connectivity index (χ3v) is 5.78. The lowest BCUT2D eigenvalue weighted by Gasteiger charge is -2.15. The smallest absolute Gasteiger partial charge is 0.266 e. The molecule has 168 valence electrons. The fourth-order valence-electron chi connectivity index (χ4n) is 2.86. The molecule has 3 aromatic carbocycles. The molecule has 0 aliphatic carbocycles. The van der Waals surface area contributed by atoms with Crippen LogP contribution in [0.25, 0.3) is 6.08 Å². The van der Waals surface area contributed by atoms with Crippen molar-refractivity contribution in [3.8, 4) is 17.6 Å². The van der Waals surface area contributed by atoms with Gasteiger partial charge in [-0.3, -0.25) is 4.79 Å². The largest absolute Gasteiger partial charge is 0.490 e. The number of hydrogen-bond acceptors (Lipinski definition) is 4. The highest BCUT2D eigenvalue weighted by Crippen LogP contribution is 2.38. The molecule has 0 aliphatic heterocycles. The van der Waals surface area contributed by atoms with Crippen LogP contribution in [0.3, 0.4) is 0 Å². The van der Waals surface area contributed by atoms with Crippen molar-refractivity contribution in [2.75, 3.05) is 11.9 Å². The maximum absolute atomic E-state index is 12.6. The Morgan fingerprint density at radius 2 is 1.79 bits per heavy atom. The number of anilines is 1. The van der Waals surface area contributed by atoms with E-state index in [1.807, 2.05) is 25.1 Å². The molecule has 0 radical (unpaired) electrons. The molecule has 0 saturated carbocycles. The van der Waals surface area contributed by atoms with Crippen LogP contribution in [-0.2, 0) is 11.4 Å². The molecule has 0 saturated heterocycles. The number of ether oxygens (including phenoxy) is 2. The Morgan fingerprint density at radius 1 is 1.09 bits per heavy atom. The summed E-state index contributed by atoms with van der Waals surface area (Å²) < 4.78 is 13.3. The molecule has 0 aliphatic rings. The number of benzene rings is 3. The zero-order valence-corrected chi connectivity index (χ0v) is 21.5. The molecular formula is C25H19Br2ClN2O3. The lowest BCUT2D eigenvalue weighted by Crippen LogP contribution is -2.13. The van der Waals surface area contributed by atoms with Gasteiger partial charge in [0.05, 0.1) is 11.1 Å². The summed E-state index contributed by atoms with van der Waals surface area (Å²) in [5, 5.41) is 12.9. The van der Waals surface area contributed by atoms with Gasteiger partial charge >= 0.3 is 0 Å². The molecule has 1 N–H and O–H groups in total. The van der Waals surface area contributed by atoms with Gasteiger partial charge < -0.3 is 14.8 Å². The van der Waals surface area contributed by atoms with Crippen LogP contribution in [0.4, 0.5) is 5.69 Å². The number of carbonyl (C=O) groups excluding carboxylic acids is 1. The third-order valence-electron chi connectivity index (χ3n) is 4.41. The summed E-state index contributed by atoms with van der Waals surface area (Å²) in [6.45, 7) is 2.61. The Balaban J connectivity index is 1.83. The van der Waals surface area contributed by atoms with Crippen LogP contribution in [0.5, 0.6) is 11.5 Å². The average molecular weight is 591 g/mol. The summed E-state index contributed by atoms with van der Waals surface area (Å²) in [5.41, 5.74) is 2.12. The molecule has 0 fully saturated rings. The van der Waals surface area contributed by atoms with E-state index in [4.69, 9.17) is 21.1 Å². The Labute approximate surface area is 214 Å². The molecule has 0 bridgehead atoms. The van der Waals surface area contributed by atoms with Crippen LogP contribution in [0.15, 0.2) is 75.2 Å². The predicted molar refractivity (Wildman–Crippen MR) is 137 cm³/mol. The van der Waals surface area contributed by atoms with E-state index < -0.39 is 5.91 Å². The molecule has 33 heavy (non-hydrogen) atoms. The van der Waals surface area contributed by atoms with Crippen molar-refractivity contribution in [1.29, 1.82) is 5.26 Å². The first kappa shape index (κ1) is 24.8. The molecule has 3 rings (SSSR count). The van der Waals surface area contributed by atoms with E-state index in [-0.39, 0.29) is 5.57 Å². The van der Waals surface area contributed by atoms with Crippen LogP contribution in [0, 0.1) is 11.3 Å². The van der Waals surface area contributed by atoms with Gasteiger partial charge in [-0.15, -0.1) is 0 Å². The van der Waals surface area contributed by atoms with Crippen molar-refractivity contribution in [3.05, 3.63) is 91.3 Å². The molecule has 0 unspecified atom stereocenters. The van der Waals surface area contributed by atoms with E-state index in [0.29, 0.717) is 45.5 Å². The Morgan fingerprint density at radius 3 is 2.42 bits per heavy atom. The van der Waals surface area contributed by atoms with Gasteiger partial charge in [-0.05, 0) is 88.6 Å². The average Bonchev–Trinajstić information content (AvgIpc) is 2.79. The van der Waals surface area contributed by atoms with Crippen LogP contribution in [-0.4, -0.2) is 12.5 Å². The van der Waals surface area contributed by atoms with Gasteiger partial charge in [0, 0.05) is 15.2 Å². The number of nitrogens with one attached hydrogen (secondary N) is 1. The van der Waals surface area contributed by atoms with Crippen LogP contribution >= 0.6 is 43.5 Å². The highest BCUT2D eigenvalue weighted by atomic mass is 79.9. The monoisotopic (exact) mass is 588 g/mol. The first-order valence-electron chi connectivity index (χ1n) is 9.92. The van der Waals surface area contributed by atoms with E-state index in [2.05, 4.69) is 37.2 Å². The van der Waals surface area contributed by atoms with Crippen LogP contribution < -0.4 is 14.8 Å². The second-order valence-corrected chi connectivity index (χ2v) is 9.02. The highest BCUT2D eigenvalue weighted by molar-refractivity contribution is 9.10. The molecular weight excluding hydrogens is 572 g/mol. The van der Waals surface area contributed by atoms with Crippen molar-refractivity contribution < 1.29 is 14.3 Å². The number of nitriles is 1. The summed E-state index contributed by atoms with van der Waals surface area (Å²) >= 11 is 12.8. The lowest BCUT2D eigenvalue weighted by atomic mass is 10.1. The van der Waals surface area contributed by atoms with E-state index in [1.54, 1.807) is 48.5 Å². The number of halogens is 3.